The van der Waals surface area contributed by atoms with E-state index in [9.17, 15) is 9.00 Å². The van der Waals surface area contributed by atoms with Crippen molar-refractivity contribution in [3.63, 3.8) is 0 Å². The number of hydrogen-bond acceptors (Lipinski definition) is 2. The van der Waals surface area contributed by atoms with E-state index in [1.54, 1.807) is 18.2 Å². The van der Waals surface area contributed by atoms with Crippen LogP contribution in [0.15, 0.2) is 52.3 Å². The van der Waals surface area contributed by atoms with Crippen molar-refractivity contribution in [3.05, 3.63) is 59.2 Å². The normalized spacial score (nSPS) is 16.8. The quantitative estimate of drug-likeness (QED) is 0.640. The van der Waals surface area contributed by atoms with Crippen LogP contribution >= 0.6 is 11.6 Å². The molecule has 1 aliphatic heterocycles. The summed E-state index contributed by atoms with van der Waals surface area (Å²) < 4.78 is 12.4. The molecule has 0 saturated carbocycles. The SMILES string of the molecule is O=C(Cl)c1cccc2c1Cc1ccccc1S2=O. The van der Waals surface area contributed by atoms with Crippen LogP contribution in [0, 0.1) is 0 Å². The molecule has 90 valence electrons. The second-order valence-electron chi connectivity index (χ2n) is 4.11. The van der Waals surface area contributed by atoms with Crippen molar-refractivity contribution in [1.29, 1.82) is 0 Å². The minimum absolute atomic E-state index is 0.456. The van der Waals surface area contributed by atoms with Crippen molar-refractivity contribution in [3.8, 4) is 0 Å². The molecule has 1 unspecified atom stereocenters. The van der Waals surface area contributed by atoms with E-state index in [0.29, 0.717) is 16.9 Å². The highest BCUT2D eigenvalue weighted by atomic mass is 35.5. The summed E-state index contributed by atoms with van der Waals surface area (Å²) in [5.41, 5.74) is 2.24. The van der Waals surface area contributed by atoms with E-state index in [0.717, 1.165) is 16.0 Å². The lowest BCUT2D eigenvalue weighted by molar-refractivity contribution is 0.108. The van der Waals surface area contributed by atoms with Gasteiger partial charge in [-0.3, -0.25) is 4.79 Å². The zero-order valence-electron chi connectivity index (χ0n) is 9.35. The molecule has 1 heterocycles. The fourth-order valence-corrected chi connectivity index (χ4v) is 3.85. The second-order valence-corrected chi connectivity index (χ2v) is 5.87. The molecule has 0 aliphatic carbocycles. The maximum absolute atomic E-state index is 12.4. The molecule has 0 radical (unpaired) electrons. The average Bonchev–Trinajstić information content (AvgIpc) is 2.38. The summed E-state index contributed by atoms with van der Waals surface area (Å²) in [6, 6.07) is 12.8. The molecule has 18 heavy (non-hydrogen) atoms. The molecule has 0 N–H and O–H groups in total. The fraction of sp³-hybridized carbons (Fsp3) is 0.0714. The Morgan fingerprint density at radius 3 is 2.56 bits per heavy atom. The molecule has 0 aromatic heterocycles. The van der Waals surface area contributed by atoms with Gasteiger partial charge in [0, 0.05) is 21.8 Å². The summed E-state index contributed by atoms with van der Waals surface area (Å²) in [7, 11) is -1.23. The van der Waals surface area contributed by atoms with Crippen molar-refractivity contribution in [1.82, 2.24) is 0 Å². The fourth-order valence-electron chi connectivity index (χ4n) is 2.25. The van der Waals surface area contributed by atoms with Crippen LogP contribution in [-0.4, -0.2) is 9.45 Å². The van der Waals surface area contributed by atoms with Crippen molar-refractivity contribution in [2.75, 3.05) is 0 Å². The zero-order valence-corrected chi connectivity index (χ0v) is 10.9. The number of hydrogen-bond donors (Lipinski definition) is 0. The largest absolute Gasteiger partial charge is 0.276 e. The third-order valence-corrected chi connectivity index (χ3v) is 4.87. The monoisotopic (exact) mass is 276 g/mol. The lowest BCUT2D eigenvalue weighted by Crippen LogP contribution is -2.12. The summed E-state index contributed by atoms with van der Waals surface area (Å²) in [6.07, 6.45) is 0.603. The van der Waals surface area contributed by atoms with Gasteiger partial charge in [0.05, 0.1) is 10.8 Å². The number of fused-ring (bicyclic) bond motifs is 2. The van der Waals surface area contributed by atoms with Gasteiger partial charge in [0.2, 0.25) is 0 Å². The summed E-state index contributed by atoms with van der Waals surface area (Å²) in [4.78, 5) is 12.9. The predicted molar refractivity (Wildman–Crippen MR) is 70.5 cm³/mol. The Hall–Kier alpha value is -1.45. The Bertz CT molecular complexity index is 679. The van der Waals surface area contributed by atoms with Gasteiger partial charge in [0.1, 0.15) is 0 Å². The first kappa shape index (κ1) is 11.6. The highest BCUT2D eigenvalue weighted by Gasteiger charge is 2.25. The van der Waals surface area contributed by atoms with Crippen LogP contribution in [0.1, 0.15) is 21.5 Å². The van der Waals surface area contributed by atoms with Gasteiger partial charge in [-0.2, -0.15) is 0 Å². The molecule has 2 nitrogen and oxygen atoms in total. The molecule has 1 aliphatic rings. The van der Waals surface area contributed by atoms with E-state index in [4.69, 9.17) is 11.6 Å². The Labute approximate surface area is 112 Å². The van der Waals surface area contributed by atoms with Crippen molar-refractivity contribution in [2.24, 2.45) is 0 Å². The topological polar surface area (TPSA) is 34.1 Å². The van der Waals surface area contributed by atoms with Crippen LogP contribution in [0.25, 0.3) is 0 Å². The van der Waals surface area contributed by atoms with Crippen molar-refractivity contribution >= 4 is 27.6 Å². The predicted octanol–water partition coefficient (Wildman–Crippen LogP) is 3.14. The highest BCUT2D eigenvalue weighted by Crippen LogP contribution is 2.33. The van der Waals surface area contributed by atoms with Gasteiger partial charge in [0.25, 0.3) is 5.24 Å². The van der Waals surface area contributed by atoms with E-state index in [-0.39, 0.29) is 0 Å². The minimum Gasteiger partial charge on any atom is -0.276 e. The number of carbonyl (C=O) groups is 1. The van der Waals surface area contributed by atoms with Crippen molar-refractivity contribution in [2.45, 2.75) is 16.2 Å². The lowest BCUT2D eigenvalue weighted by atomic mass is 9.99. The molecule has 0 saturated heterocycles. The second kappa shape index (κ2) is 4.34. The molecule has 0 spiro atoms. The van der Waals surface area contributed by atoms with Gasteiger partial charge >= 0.3 is 0 Å². The van der Waals surface area contributed by atoms with Gasteiger partial charge < -0.3 is 0 Å². The third-order valence-electron chi connectivity index (χ3n) is 3.08. The molecule has 2 aromatic carbocycles. The smallest absolute Gasteiger partial charge is 0.252 e. The molecule has 4 heteroatoms. The maximum atomic E-state index is 12.4. The third kappa shape index (κ3) is 1.71. The van der Waals surface area contributed by atoms with Crippen LogP contribution in [0.4, 0.5) is 0 Å². The molecule has 3 rings (SSSR count). The first-order valence-corrected chi connectivity index (χ1v) is 7.02. The number of rotatable bonds is 1. The van der Waals surface area contributed by atoms with Gasteiger partial charge in [0.15, 0.2) is 0 Å². The minimum atomic E-state index is -1.23. The average molecular weight is 277 g/mol. The van der Waals surface area contributed by atoms with Crippen molar-refractivity contribution < 1.29 is 9.00 Å². The first-order chi connectivity index (χ1) is 8.68. The molecule has 0 amide bonds. The molecular formula is C14H9ClO2S. The Morgan fingerprint density at radius 1 is 1.06 bits per heavy atom. The van der Waals surface area contributed by atoms with Gasteiger partial charge in [-0.25, -0.2) is 4.21 Å². The standard InChI is InChI=1S/C14H9ClO2S/c15-14(16)10-5-3-7-13-11(10)8-9-4-1-2-6-12(9)18(13)17/h1-7H,8H2. The summed E-state index contributed by atoms with van der Waals surface area (Å²) >= 11 is 5.58. The van der Waals surface area contributed by atoms with Gasteiger partial charge in [-0.1, -0.05) is 24.3 Å². The van der Waals surface area contributed by atoms with Crippen LogP contribution in [0.5, 0.6) is 0 Å². The number of halogens is 1. The molecular weight excluding hydrogens is 268 g/mol. The molecule has 0 bridgehead atoms. The molecule has 0 fully saturated rings. The highest BCUT2D eigenvalue weighted by molar-refractivity contribution is 7.85. The van der Waals surface area contributed by atoms with Gasteiger partial charge in [-0.15, -0.1) is 0 Å². The Balaban J connectivity index is 2.25. The summed E-state index contributed by atoms with van der Waals surface area (Å²) in [5, 5.41) is -0.497. The lowest BCUT2D eigenvalue weighted by Gasteiger charge is -2.20. The first-order valence-electron chi connectivity index (χ1n) is 5.50. The van der Waals surface area contributed by atoms with Crippen LogP contribution < -0.4 is 0 Å². The van der Waals surface area contributed by atoms with Crippen LogP contribution in [-0.2, 0) is 17.2 Å². The Kier molecular flexibility index (Phi) is 2.80. The van der Waals surface area contributed by atoms with E-state index in [1.165, 1.54) is 0 Å². The van der Waals surface area contributed by atoms with Crippen LogP contribution in [0.2, 0.25) is 0 Å². The summed E-state index contributed by atoms with van der Waals surface area (Å²) in [6.45, 7) is 0. The summed E-state index contributed by atoms with van der Waals surface area (Å²) in [5.74, 6) is 0. The molecule has 2 aromatic rings. The van der Waals surface area contributed by atoms with E-state index in [1.807, 2.05) is 24.3 Å². The maximum Gasteiger partial charge on any atom is 0.252 e. The van der Waals surface area contributed by atoms with E-state index in [2.05, 4.69) is 0 Å². The number of carbonyl (C=O) groups excluding carboxylic acids is 1. The number of benzene rings is 2. The zero-order chi connectivity index (χ0) is 12.7. The van der Waals surface area contributed by atoms with E-state index >= 15 is 0 Å². The molecule has 1 atom stereocenters. The Morgan fingerprint density at radius 2 is 1.78 bits per heavy atom. The van der Waals surface area contributed by atoms with E-state index < -0.39 is 16.0 Å². The van der Waals surface area contributed by atoms with Crippen LogP contribution in [0.3, 0.4) is 0 Å². The van der Waals surface area contributed by atoms with Gasteiger partial charge in [-0.05, 0) is 40.9 Å².